The first kappa shape index (κ1) is 107. The number of aliphatic hydroxyl groups excluding tert-OH is 1. The molecule has 4 saturated carbocycles. The number of alkyl halides is 3. The number of ether oxygens (including phenoxy) is 2. The molecule has 0 unspecified atom stereocenters. The van der Waals surface area contributed by atoms with Crippen molar-refractivity contribution in [3.63, 3.8) is 0 Å². The van der Waals surface area contributed by atoms with Crippen LogP contribution in [0, 0.1) is 87.8 Å². The van der Waals surface area contributed by atoms with E-state index in [0.29, 0.717) is 67.8 Å². The van der Waals surface area contributed by atoms with Gasteiger partial charge in [-0.15, -0.1) is 0 Å². The Hall–Kier alpha value is -9.28. The number of halogens is 3. The number of hydrogen-bond acceptors (Lipinski definition) is 19. The SMILES string of the molecule is C/C=C1\NC(=O)[C@H](Cc2ccccc2)NC(=O)[C@@H](C(C)C)NC(=O)[C@@H]([C@H](C)CC)NC(=O)[C@H](NC(=O)[C@H](NC(=O)[C@H](CCCN)NC(=O)[C@H]2CCCN2C(=O)[C@H](NC(=O)[C@@H](NC(=O)[C@@H](NC(=O)[C@H](NC(=O)CC[C@@H](C)[C@H]2CC[C@H]3[C@@H]4CC[C@@H]5C[C@H](OC(=O)C(F)(F)F)CC[C@]5(C)[C@H]4CC[C@]23C)C(C)C)[C@@H](C)O)C(C)C)C(C)C)[C@H](C)CC)[C@H](C)OC(=O)[C@H](C(C)C)NC1=O. The van der Waals surface area contributed by atoms with Gasteiger partial charge in [0.2, 0.25) is 70.9 Å². The van der Waals surface area contributed by atoms with Crippen LogP contribution in [-0.2, 0) is 87.8 Å². The lowest BCUT2D eigenvalue weighted by Crippen LogP contribution is -2.64. The molecule has 25 atom stereocenters. The number of likely N-dealkylation sites (tertiary alicyclic amines) is 1. The van der Waals surface area contributed by atoms with Crippen LogP contribution in [-0.4, -0.2) is 209 Å². The molecule has 0 aromatic heterocycles. The fraction of sp³-hybridized carbons (Fsp3) is 0.755. The maximum absolute atomic E-state index is 15.1. The van der Waals surface area contributed by atoms with E-state index in [2.05, 4.69) is 84.6 Å². The molecule has 2 saturated heterocycles. The summed E-state index contributed by atoms with van der Waals surface area (Å²) in [6.45, 7) is 34.4. The van der Waals surface area contributed by atoms with Gasteiger partial charge in [-0.1, -0.05) is 167 Å². The minimum absolute atomic E-state index is 0.0125. The van der Waals surface area contributed by atoms with Gasteiger partial charge in [0.15, 0.2) is 0 Å². The Morgan fingerprint density at radius 1 is 0.620 bits per heavy atom. The minimum Gasteiger partial charge on any atom is -0.458 e. The molecule has 0 radical (unpaired) electrons. The van der Waals surface area contributed by atoms with Crippen molar-refractivity contribution >= 4 is 88.7 Å². The molecule has 1 aromatic rings. The first-order chi connectivity index (χ1) is 60.5. The number of nitrogens with zero attached hydrogens (tertiary/aromatic N) is 1. The molecule has 724 valence electrons. The monoisotopic (exact) mass is 1820 g/mol. The van der Waals surface area contributed by atoms with Gasteiger partial charge in [0.25, 0.3) is 5.91 Å². The fourth-order valence-corrected chi connectivity index (χ4v) is 20.5. The van der Waals surface area contributed by atoms with Crippen LogP contribution >= 0.6 is 0 Å². The Labute approximate surface area is 758 Å². The Kier molecular flexibility index (Phi) is 39.1. The highest BCUT2D eigenvalue weighted by Gasteiger charge is 2.62. The molecule has 129 heavy (non-hydrogen) atoms. The number of aliphatic hydroxyl groups is 1. The van der Waals surface area contributed by atoms with Gasteiger partial charge in [-0.25, -0.2) is 9.59 Å². The lowest BCUT2D eigenvalue weighted by Gasteiger charge is -2.61. The molecule has 2 aliphatic heterocycles. The molecule has 32 nitrogen and oxygen atoms in total. The van der Waals surface area contributed by atoms with E-state index in [1.165, 1.54) is 31.7 Å². The van der Waals surface area contributed by atoms with E-state index in [9.17, 15) is 80.6 Å². The normalized spacial score (nSPS) is 28.8. The lowest BCUT2D eigenvalue weighted by molar-refractivity contribution is -0.210. The number of esters is 2. The molecule has 0 spiro atoms. The van der Waals surface area contributed by atoms with Crippen molar-refractivity contribution in [3.05, 3.63) is 47.7 Å². The van der Waals surface area contributed by atoms with Crippen LogP contribution < -0.4 is 69.5 Å². The molecular weight excluding hydrogens is 1670 g/mol. The van der Waals surface area contributed by atoms with Gasteiger partial charge in [-0.2, -0.15) is 13.2 Å². The largest absolute Gasteiger partial charge is 0.490 e. The van der Waals surface area contributed by atoms with Crippen LogP contribution in [0.15, 0.2) is 42.1 Å². The average molecular weight is 1820 g/mol. The zero-order chi connectivity index (χ0) is 96.3. The maximum atomic E-state index is 15.1. The van der Waals surface area contributed by atoms with E-state index in [1.807, 2.05) is 0 Å². The van der Waals surface area contributed by atoms with E-state index < -0.39 is 221 Å². The van der Waals surface area contributed by atoms with Crippen molar-refractivity contribution in [1.29, 1.82) is 0 Å². The third-order valence-electron chi connectivity index (χ3n) is 28.8. The van der Waals surface area contributed by atoms with Crippen molar-refractivity contribution < 1.29 is 99.7 Å². The second-order valence-corrected chi connectivity index (χ2v) is 39.6. The summed E-state index contributed by atoms with van der Waals surface area (Å²) < 4.78 is 50.4. The zero-order valence-electron chi connectivity index (χ0n) is 79.3. The second-order valence-electron chi connectivity index (χ2n) is 39.6. The van der Waals surface area contributed by atoms with Crippen molar-refractivity contribution in [2.45, 2.75) is 351 Å². The Bertz CT molecular complexity index is 4130. The predicted molar refractivity (Wildman–Crippen MR) is 476 cm³/mol. The van der Waals surface area contributed by atoms with E-state index in [4.69, 9.17) is 15.2 Å². The molecule has 35 heteroatoms. The van der Waals surface area contributed by atoms with E-state index >= 15 is 9.59 Å². The molecule has 15 N–H and O–H groups in total. The number of carbonyl (C=O) groups excluding carboxylic acids is 15. The van der Waals surface area contributed by atoms with Crippen LogP contribution in [0.3, 0.4) is 0 Å². The summed E-state index contributed by atoms with van der Waals surface area (Å²) in [5, 5.41) is 43.8. The topological polar surface area (TPSA) is 468 Å². The van der Waals surface area contributed by atoms with Crippen LogP contribution in [0.25, 0.3) is 0 Å². The number of amides is 13. The van der Waals surface area contributed by atoms with Gasteiger partial charge in [0.1, 0.15) is 90.4 Å². The summed E-state index contributed by atoms with van der Waals surface area (Å²) in [6.07, 6.45) is 1.46. The number of benzene rings is 1. The summed E-state index contributed by atoms with van der Waals surface area (Å²) in [5.74, 6) is -16.2. The number of nitrogens with one attached hydrogen (secondary N) is 12. The van der Waals surface area contributed by atoms with Gasteiger partial charge in [-0.05, 0) is 211 Å². The second kappa shape index (κ2) is 47.2. The molecule has 0 bridgehead atoms. The zero-order valence-corrected chi connectivity index (χ0v) is 79.3. The number of nitrogens with two attached hydrogens (primary N) is 1. The Morgan fingerprint density at radius 2 is 1.19 bits per heavy atom. The van der Waals surface area contributed by atoms with Crippen LogP contribution in [0.2, 0.25) is 0 Å². The van der Waals surface area contributed by atoms with Gasteiger partial charge in [0.05, 0.1) is 6.10 Å². The van der Waals surface area contributed by atoms with Crippen LogP contribution in [0.1, 0.15) is 253 Å². The highest BCUT2D eigenvalue weighted by molar-refractivity contribution is 6.03. The number of rotatable bonds is 34. The van der Waals surface area contributed by atoms with E-state index in [0.717, 1.165) is 38.5 Å². The number of carbonyl (C=O) groups is 15. The van der Waals surface area contributed by atoms with E-state index in [1.54, 1.807) is 127 Å². The van der Waals surface area contributed by atoms with Crippen molar-refractivity contribution in [2.75, 3.05) is 13.1 Å². The quantitative estimate of drug-likeness (QED) is 0.0256. The number of allylic oxidation sites excluding steroid dienone is 1. The molecule has 2 heterocycles. The standard InChI is InChI=1S/C94H149F3N14O18/c1-21-52(14)74(86(122)110-77-56(18)128-90(126)73(51(12)13)106-78(114)64(23-3)99-80(116)66(45-57-29-25-24-26-30-57)101-82(118)70(48(6)7)103-85(121)75(53(15)22-2)108-88(77)124)107-79(115)65(31-27-43-98)100-81(117)67-32-28-44-111(67)89(125)72(50(10)11)105-84(120)71(49(8)9)104-87(123)76(55(17)112)109-83(119)69(47(4)5)102-68(113)38-33-54(16)61-36-37-62-60-35-34-58-46-59(129-91(127)94(95,96)97)39-41-92(58,19)63(60)40-42-93(61,62)20/h23-26,29-30,47-56,58-63,65-67,69-77,112H,21-22,27-28,31-46,98H2,1-20H3,(H,99,116)(H,100,117)(H,101,118)(H,102,113)(H,103,121)(H,104,123)(H,105,120)(H,106,114)(H,107,115)(H,108,124)(H,109,119)(H,110,122)/b64-23-/t52-,53-,54-,55-,56+,58-,59-,60+,61-,62+,63+,65+,66+,67-,69-,70-,71+,72-,73+,74-,75-,76+,77-,92+,93-/m1/s1. The summed E-state index contributed by atoms with van der Waals surface area (Å²) in [7, 11) is 0. The Morgan fingerprint density at radius 3 is 1.78 bits per heavy atom. The highest BCUT2D eigenvalue weighted by atomic mass is 19.4. The number of cyclic esters (lactones) is 1. The lowest BCUT2D eigenvalue weighted by atomic mass is 9.44. The van der Waals surface area contributed by atoms with Crippen molar-refractivity contribution in [2.24, 2.45) is 93.5 Å². The van der Waals surface area contributed by atoms with Gasteiger partial charge < -0.3 is 89.0 Å². The van der Waals surface area contributed by atoms with Crippen LogP contribution in [0.5, 0.6) is 0 Å². The molecule has 13 amide bonds. The van der Waals surface area contributed by atoms with Crippen molar-refractivity contribution in [1.82, 2.24) is 68.7 Å². The maximum Gasteiger partial charge on any atom is 0.490 e. The molecule has 4 aliphatic carbocycles. The Balaban J connectivity index is 1.00. The smallest absolute Gasteiger partial charge is 0.458 e. The first-order valence-corrected chi connectivity index (χ1v) is 47.0. The van der Waals surface area contributed by atoms with Crippen LogP contribution in [0.4, 0.5) is 13.2 Å². The third-order valence-corrected chi connectivity index (χ3v) is 28.8. The molecule has 6 aliphatic rings. The highest BCUT2D eigenvalue weighted by Crippen LogP contribution is 2.68. The summed E-state index contributed by atoms with van der Waals surface area (Å²) in [6, 6.07) is -8.11. The van der Waals surface area contributed by atoms with E-state index in [-0.39, 0.29) is 85.9 Å². The molecule has 6 fully saturated rings. The molecule has 7 rings (SSSR count). The summed E-state index contributed by atoms with van der Waals surface area (Å²) >= 11 is 0. The summed E-state index contributed by atoms with van der Waals surface area (Å²) in [5.41, 5.74) is 6.31. The van der Waals surface area contributed by atoms with Crippen molar-refractivity contribution in [3.8, 4) is 0 Å². The fourth-order valence-electron chi connectivity index (χ4n) is 20.5. The predicted octanol–water partition coefficient (Wildman–Crippen LogP) is 6.56. The first-order valence-electron chi connectivity index (χ1n) is 47.0. The average Bonchev–Trinajstić information content (AvgIpc) is 1.65. The minimum atomic E-state index is -5.04. The van der Waals surface area contributed by atoms with Gasteiger partial charge in [-0.3, -0.25) is 62.3 Å². The van der Waals surface area contributed by atoms with Gasteiger partial charge in [0, 0.05) is 19.4 Å². The molecular formula is C94H149F3N14O18. The molecule has 1 aromatic carbocycles. The summed E-state index contributed by atoms with van der Waals surface area (Å²) in [4.78, 5) is 217. The number of fused-ring (bicyclic) bond motifs is 5. The third kappa shape index (κ3) is 27.2. The van der Waals surface area contributed by atoms with Gasteiger partial charge >= 0.3 is 18.1 Å². The number of hydrogen-bond donors (Lipinski definition) is 14.